The summed E-state index contributed by atoms with van der Waals surface area (Å²) in [6.07, 6.45) is -4.74. The van der Waals surface area contributed by atoms with Crippen LogP contribution in [0.5, 0.6) is 5.75 Å². The first-order valence-electron chi connectivity index (χ1n) is 7.70. The van der Waals surface area contributed by atoms with E-state index in [0.717, 1.165) is 0 Å². The van der Waals surface area contributed by atoms with E-state index in [4.69, 9.17) is 0 Å². The molecule has 0 saturated heterocycles. The SMILES string of the molecule is CC(NC(=O)C(C)(C)C)C(=O)N(C)Cc1ccc(OC(F)(F)F)cc1. The predicted octanol–water partition coefficient (Wildman–Crippen LogP) is 3.09. The van der Waals surface area contributed by atoms with Gasteiger partial charge in [0, 0.05) is 19.0 Å². The van der Waals surface area contributed by atoms with Gasteiger partial charge in [-0.05, 0) is 24.6 Å². The Morgan fingerprint density at radius 1 is 1.16 bits per heavy atom. The van der Waals surface area contributed by atoms with Crippen LogP contribution in [-0.2, 0) is 16.1 Å². The van der Waals surface area contributed by atoms with Gasteiger partial charge in [-0.1, -0.05) is 32.9 Å². The van der Waals surface area contributed by atoms with Gasteiger partial charge in [0.1, 0.15) is 11.8 Å². The third kappa shape index (κ3) is 7.03. The number of likely N-dealkylation sites (N-methyl/N-ethyl adjacent to an activating group) is 1. The lowest BCUT2D eigenvalue weighted by atomic mass is 9.95. The largest absolute Gasteiger partial charge is 0.573 e. The summed E-state index contributed by atoms with van der Waals surface area (Å²) in [7, 11) is 1.56. The van der Waals surface area contributed by atoms with Gasteiger partial charge in [0.25, 0.3) is 0 Å². The highest BCUT2D eigenvalue weighted by Crippen LogP contribution is 2.23. The molecule has 1 rings (SSSR count). The van der Waals surface area contributed by atoms with Crippen molar-refractivity contribution in [2.24, 2.45) is 5.41 Å². The Balaban J connectivity index is 2.64. The Bertz CT molecular complexity index is 607. The van der Waals surface area contributed by atoms with Crippen LogP contribution >= 0.6 is 0 Å². The Morgan fingerprint density at radius 3 is 2.12 bits per heavy atom. The van der Waals surface area contributed by atoms with Crippen molar-refractivity contribution in [2.75, 3.05) is 7.05 Å². The minimum atomic E-state index is -4.74. The standard InChI is InChI=1S/C17H23F3N2O3/c1-11(21-15(24)16(2,3)4)14(23)22(5)10-12-6-8-13(9-7-12)25-17(18,19)20/h6-9,11H,10H2,1-5H3,(H,21,24). The van der Waals surface area contributed by atoms with Crippen LogP contribution < -0.4 is 10.1 Å². The van der Waals surface area contributed by atoms with Gasteiger partial charge in [-0.25, -0.2) is 0 Å². The van der Waals surface area contributed by atoms with Crippen molar-refractivity contribution in [1.82, 2.24) is 10.2 Å². The number of nitrogens with one attached hydrogen (secondary N) is 1. The maximum Gasteiger partial charge on any atom is 0.573 e. The Labute approximate surface area is 145 Å². The molecule has 0 saturated carbocycles. The van der Waals surface area contributed by atoms with Crippen molar-refractivity contribution in [2.45, 2.75) is 46.6 Å². The van der Waals surface area contributed by atoms with Gasteiger partial charge >= 0.3 is 6.36 Å². The van der Waals surface area contributed by atoms with Crippen LogP contribution in [0.4, 0.5) is 13.2 Å². The summed E-state index contributed by atoms with van der Waals surface area (Å²) in [5.41, 5.74) is 0.0289. The summed E-state index contributed by atoms with van der Waals surface area (Å²) < 4.78 is 40.2. The maximum atomic E-state index is 12.3. The monoisotopic (exact) mass is 360 g/mol. The zero-order valence-corrected chi connectivity index (χ0v) is 14.9. The first-order chi connectivity index (χ1) is 11.3. The number of alkyl halides is 3. The van der Waals surface area contributed by atoms with E-state index in [1.165, 1.54) is 29.2 Å². The normalized spacial score (nSPS) is 13.1. The molecule has 0 bridgehead atoms. The van der Waals surface area contributed by atoms with Crippen molar-refractivity contribution in [1.29, 1.82) is 0 Å². The molecule has 0 aromatic heterocycles. The van der Waals surface area contributed by atoms with E-state index in [-0.39, 0.29) is 24.1 Å². The van der Waals surface area contributed by atoms with Gasteiger partial charge in [0.2, 0.25) is 11.8 Å². The summed E-state index contributed by atoms with van der Waals surface area (Å²) in [5, 5.41) is 2.65. The lowest BCUT2D eigenvalue weighted by molar-refractivity contribution is -0.274. The molecule has 5 nitrogen and oxygen atoms in total. The number of carbonyl (C=O) groups excluding carboxylic acids is 2. The highest BCUT2D eigenvalue weighted by Gasteiger charge is 2.31. The minimum absolute atomic E-state index is 0.195. The molecule has 0 aliphatic carbocycles. The van der Waals surface area contributed by atoms with Gasteiger partial charge in [-0.3, -0.25) is 9.59 Å². The van der Waals surface area contributed by atoms with Crippen molar-refractivity contribution < 1.29 is 27.5 Å². The first-order valence-corrected chi connectivity index (χ1v) is 7.70. The van der Waals surface area contributed by atoms with Gasteiger partial charge in [0.15, 0.2) is 0 Å². The molecule has 1 N–H and O–H groups in total. The van der Waals surface area contributed by atoms with E-state index in [9.17, 15) is 22.8 Å². The van der Waals surface area contributed by atoms with Crippen molar-refractivity contribution in [3.8, 4) is 5.75 Å². The number of hydrogen-bond acceptors (Lipinski definition) is 3. The second kappa shape index (κ2) is 7.76. The fraction of sp³-hybridized carbons (Fsp3) is 0.529. The molecular weight excluding hydrogens is 337 g/mol. The van der Waals surface area contributed by atoms with Crippen LogP contribution in [0.15, 0.2) is 24.3 Å². The minimum Gasteiger partial charge on any atom is -0.406 e. The van der Waals surface area contributed by atoms with E-state index >= 15 is 0 Å². The topological polar surface area (TPSA) is 58.6 Å². The summed E-state index contributed by atoms with van der Waals surface area (Å²) in [4.78, 5) is 25.6. The van der Waals surface area contributed by atoms with Crippen molar-refractivity contribution >= 4 is 11.8 Å². The molecule has 25 heavy (non-hydrogen) atoms. The smallest absolute Gasteiger partial charge is 0.406 e. The average molecular weight is 360 g/mol. The zero-order valence-electron chi connectivity index (χ0n) is 14.9. The molecule has 0 fully saturated rings. The Kier molecular flexibility index (Phi) is 6.45. The van der Waals surface area contributed by atoms with Crippen LogP contribution in [-0.4, -0.2) is 36.2 Å². The molecule has 8 heteroatoms. The van der Waals surface area contributed by atoms with Crippen LogP contribution in [0, 0.1) is 5.41 Å². The number of rotatable bonds is 5. The first kappa shape index (κ1) is 20.8. The fourth-order valence-electron chi connectivity index (χ4n) is 1.95. The predicted molar refractivity (Wildman–Crippen MR) is 86.7 cm³/mol. The number of amides is 2. The molecular formula is C17H23F3N2O3. The van der Waals surface area contributed by atoms with Gasteiger partial charge < -0.3 is 15.0 Å². The quantitative estimate of drug-likeness (QED) is 0.878. The van der Waals surface area contributed by atoms with Gasteiger partial charge in [-0.15, -0.1) is 13.2 Å². The number of hydrogen-bond donors (Lipinski definition) is 1. The summed E-state index contributed by atoms with van der Waals surface area (Å²) in [6, 6.07) is 4.56. The van der Waals surface area contributed by atoms with E-state index < -0.39 is 17.8 Å². The molecule has 1 unspecified atom stereocenters. The molecule has 0 aliphatic heterocycles. The van der Waals surface area contributed by atoms with E-state index in [0.29, 0.717) is 5.56 Å². The number of halogens is 3. The highest BCUT2D eigenvalue weighted by molar-refractivity contribution is 5.89. The highest BCUT2D eigenvalue weighted by atomic mass is 19.4. The average Bonchev–Trinajstić information content (AvgIpc) is 2.45. The molecule has 1 atom stereocenters. The molecule has 0 spiro atoms. The van der Waals surface area contributed by atoms with Gasteiger partial charge in [0.05, 0.1) is 0 Å². The number of benzene rings is 1. The van der Waals surface area contributed by atoms with E-state index in [2.05, 4.69) is 10.1 Å². The van der Waals surface area contributed by atoms with Crippen LogP contribution in [0.2, 0.25) is 0 Å². The molecule has 1 aromatic rings. The molecule has 1 aromatic carbocycles. The lowest BCUT2D eigenvalue weighted by Crippen LogP contribution is -2.48. The lowest BCUT2D eigenvalue weighted by Gasteiger charge is -2.25. The summed E-state index contributed by atoms with van der Waals surface area (Å²) in [5.74, 6) is -0.861. The van der Waals surface area contributed by atoms with Crippen molar-refractivity contribution in [3.63, 3.8) is 0 Å². The third-order valence-electron chi connectivity index (χ3n) is 3.35. The fourth-order valence-corrected chi connectivity index (χ4v) is 1.95. The zero-order chi connectivity index (χ0) is 19.4. The molecule has 140 valence electrons. The number of nitrogens with zero attached hydrogens (tertiary/aromatic N) is 1. The van der Waals surface area contributed by atoms with E-state index in [1.807, 2.05) is 0 Å². The Morgan fingerprint density at radius 2 is 1.68 bits per heavy atom. The summed E-state index contributed by atoms with van der Waals surface area (Å²) in [6.45, 7) is 7.01. The molecule has 0 heterocycles. The second-order valence-corrected chi connectivity index (χ2v) is 6.83. The van der Waals surface area contributed by atoms with Crippen LogP contribution in [0.25, 0.3) is 0 Å². The summed E-state index contributed by atoms with van der Waals surface area (Å²) >= 11 is 0. The van der Waals surface area contributed by atoms with Crippen molar-refractivity contribution in [3.05, 3.63) is 29.8 Å². The molecule has 0 radical (unpaired) electrons. The molecule has 0 aliphatic rings. The number of carbonyl (C=O) groups is 2. The number of ether oxygens (including phenoxy) is 1. The maximum absolute atomic E-state index is 12.3. The van der Waals surface area contributed by atoms with Crippen LogP contribution in [0.1, 0.15) is 33.3 Å². The van der Waals surface area contributed by atoms with Crippen LogP contribution in [0.3, 0.4) is 0 Å². The Hall–Kier alpha value is -2.25. The third-order valence-corrected chi connectivity index (χ3v) is 3.35. The van der Waals surface area contributed by atoms with Gasteiger partial charge in [-0.2, -0.15) is 0 Å². The molecule has 2 amide bonds. The second-order valence-electron chi connectivity index (χ2n) is 6.83. The van der Waals surface area contributed by atoms with E-state index in [1.54, 1.807) is 34.7 Å².